The minimum Gasteiger partial charge on any atom is -0.324 e. The van der Waals surface area contributed by atoms with E-state index in [9.17, 15) is 13.2 Å². The smallest absolute Gasteiger partial charge is 0.248 e. The molecule has 146 valence electrons. The predicted molar refractivity (Wildman–Crippen MR) is 112 cm³/mol. The van der Waals surface area contributed by atoms with Crippen molar-refractivity contribution in [1.82, 2.24) is 0 Å². The number of sulfonamides is 1. The second kappa shape index (κ2) is 8.31. The van der Waals surface area contributed by atoms with Crippen LogP contribution in [0.15, 0.2) is 42.5 Å². The Morgan fingerprint density at radius 1 is 1.07 bits per heavy atom. The van der Waals surface area contributed by atoms with Gasteiger partial charge in [0.2, 0.25) is 15.9 Å². The standard InChI is InChI=1S/C20H25ClN2O3S/c1-13(2)18-8-6-7-14(3)19(18)22-20(24)15(4)23(27(5,25)26)17-11-9-16(21)10-12-17/h6-13,15H,1-5H3,(H,22,24)/t15-/m1/s1. The number of anilines is 2. The molecule has 0 aliphatic carbocycles. The van der Waals surface area contributed by atoms with Gasteiger partial charge < -0.3 is 5.32 Å². The number of nitrogens with zero attached hydrogens (tertiary/aromatic N) is 1. The van der Waals surface area contributed by atoms with E-state index in [2.05, 4.69) is 5.32 Å². The van der Waals surface area contributed by atoms with Crippen LogP contribution in [0.2, 0.25) is 5.02 Å². The highest BCUT2D eigenvalue weighted by Gasteiger charge is 2.29. The van der Waals surface area contributed by atoms with Crippen molar-refractivity contribution in [3.63, 3.8) is 0 Å². The van der Waals surface area contributed by atoms with E-state index >= 15 is 0 Å². The number of hydrogen-bond acceptors (Lipinski definition) is 3. The Hall–Kier alpha value is -2.05. The lowest BCUT2D eigenvalue weighted by Gasteiger charge is -2.29. The van der Waals surface area contributed by atoms with Crippen LogP contribution in [-0.2, 0) is 14.8 Å². The van der Waals surface area contributed by atoms with Gasteiger partial charge >= 0.3 is 0 Å². The molecular formula is C20H25ClN2O3S. The van der Waals surface area contributed by atoms with Gasteiger partial charge in [-0.25, -0.2) is 8.42 Å². The van der Waals surface area contributed by atoms with Crippen molar-refractivity contribution >= 4 is 38.9 Å². The van der Waals surface area contributed by atoms with Crippen molar-refractivity contribution in [2.75, 3.05) is 15.9 Å². The number of rotatable bonds is 6. The third-order valence-electron chi connectivity index (χ3n) is 4.34. The van der Waals surface area contributed by atoms with Gasteiger partial charge in [0, 0.05) is 10.7 Å². The first-order valence-electron chi connectivity index (χ1n) is 8.67. The van der Waals surface area contributed by atoms with E-state index in [1.54, 1.807) is 31.2 Å². The third kappa shape index (κ3) is 5.02. The van der Waals surface area contributed by atoms with Gasteiger partial charge in [-0.2, -0.15) is 0 Å². The van der Waals surface area contributed by atoms with Crippen LogP contribution in [0.25, 0.3) is 0 Å². The summed E-state index contributed by atoms with van der Waals surface area (Å²) in [5.41, 5.74) is 3.06. The van der Waals surface area contributed by atoms with Crippen LogP contribution in [0.3, 0.4) is 0 Å². The molecule has 5 nitrogen and oxygen atoms in total. The molecule has 0 fully saturated rings. The fourth-order valence-electron chi connectivity index (χ4n) is 2.97. The Balaban J connectivity index is 2.38. The van der Waals surface area contributed by atoms with Crippen LogP contribution >= 0.6 is 11.6 Å². The fraction of sp³-hybridized carbons (Fsp3) is 0.350. The zero-order chi connectivity index (χ0) is 20.4. The molecule has 0 saturated heterocycles. The van der Waals surface area contributed by atoms with Gasteiger partial charge in [0.15, 0.2) is 0 Å². The SMILES string of the molecule is Cc1cccc(C(C)C)c1NC(=O)[C@@H](C)N(c1ccc(Cl)cc1)S(C)(=O)=O. The van der Waals surface area contributed by atoms with Crippen molar-refractivity contribution < 1.29 is 13.2 Å². The molecule has 0 bridgehead atoms. The maximum atomic E-state index is 12.9. The molecule has 0 unspecified atom stereocenters. The van der Waals surface area contributed by atoms with Crippen molar-refractivity contribution in [3.8, 4) is 0 Å². The van der Waals surface area contributed by atoms with Crippen molar-refractivity contribution in [3.05, 3.63) is 58.6 Å². The molecular weight excluding hydrogens is 384 g/mol. The number of amides is 1. The van der Waals surface area contributed by atoms with E-state index in [0.717, 1.165) is 27.4 Å². The lowest BCUT2D eigenvalue weighted by Crippen LogP contribution is -2.45. The highest BCUT2D eigenvalue weighted by atomic mass is 35.5. The molecule has 2 aromatic rings. The summed E-state index contributed by atoms with van der Waals surface area (Å²) in [7, 11) is -3.67. The van der Waals surface area contributed by atoms with E-state index in [1.165, 1.54) is 0 Å². The Morgan fingerprint density at radius 3 is 2.19 bits per heavy atom. The van der Waals surface area contributed by atoms with E-state index in [1.807, 2.05) is 39.0 Å². The maximum absolute atomic E-state index is 12.9. The molecule has 0 aromatic heterocycles. The molecule has 0 spiro atoms. The summed E-state index contributed by atoms with van der Waals surface area (Å²) in [5, 5.41) is 3.41. The Kier molecular flexibility index (Phi) is 6.54. The highest BCUT2D eigenvalue weighted by molar-refractivity contribution is 7.92. The molecule has 2 aromatic carbocycles. The largest absolute Gasteiger partial charge is 0.324 e. The number of carbonyl (C=O) groups is 1. The molecule has 2 rings (SSSR count). The molecule has 1 atom stereocenters. The van der Waals surface area contributed by atoms with Crippen LogP contribution in [0, 0.1) is 6.92 Å². The zero-order valence-corrected chi connectivity index (χ0v) is 17.7. The van der Waals surface area contributed by atoms with Crippen LogP contribution in [-0.4, -0.2) is 26.6 Å². The summed E-state index contributed by atoms with van der Waals surface area (Å²) >= 11 is 5.90. The molecule has 7 heteroatoms. The van der Waals surface area contributed by atoms with Gasteiger partial charge in [-0.05, 0) is 55.2 Å². The van der Waals surface area contributed by atoms with Gasteiger partial charge in [-0.15, -0.1) is 0 Å². The molecule has 0 saturated carbocycles. The van der Waals surface area contributed by atoms with Gasteiger partial charge in [0.1, 0.15) is 6.04 Å². The number of benzene rings is 2. The van der Waals surface area contributed by atoms with Crippen LogP contribution < -0.4 is 9.62 Å². The molecule has 0 heterocycles. The number of halogens is 1. The molecule has 1 amide bonds. The van der Waals surface area contributed by atoms with Gasteiger partial charge in [-0.1, -0.05) is 43.6 Å². The minimum absolute atomic E-state index is 0.220. The average Bonchev–Trinajstić information content (AvgIpc) is 2.57. The monoisotopic (exact) mass is 408 g/mol. The summed E-state index contributed by atoms with van der Waals surface area (Å²) in [4.78, 5) is 12.9. The van der Waals surface area contributed by atoms with Crippen molar-refractivity contribution in [2.24, 2.45) is 0 Å². The number of para-hydroxylation sites is 1. The number of nitrogens with one attached hydrogen (secondary N) is 1. The number of aryl methyl sites for hydroxylation is 1. The second-order valence-corrected chi connectivity index (χ2v) is 9.19. The molecule has 27 heavy (non-hydrogen) atoms. The second-order valence-electron chi connectivity index (χ2n) is 6.89. The first-order chi connectivity index (χ1) is 12.5. The summed E-state index contributed by atoms with van der Waals surface area (Å²) in [6, 6.07) is 11.3. The van der Waals surface area contributed by atoms with Crippen LogP contribution in [0.5, 0.6) is 0 Å². The maximum Gasteiger partial charge on any atom is 0.248 e. The molecule has 1 N–H and O–H groups in total. The Bertz CT molecular complexity index is 925. The third-order valence-corrected chi connectivity index (χ3v) is 5.84. The highest BCUT2D eigenvalue weighted by Crippen LogP contribution is 2.29. The van der Waals surface area contributed by atoms with Gasteiger partial charge in [0.05, 0.1) is 11.9 Å². The van der Waals surface area contributed by atoms with Crippen molar-refractivity contribution in [1.29, 1.82) is 0 Å². The first kappa shape index (κ1) is 21.3. The van der Waals surface area contributed by atoms with Gasteiger partial charge in [0.25, 0.3) is 0 Å². The van der Waals surface area contributed by atoms with E-state index in [0.29, 0.717) is 10.7 Å². The first-order valence-corrected chi connectivity index (χ1v) is 10.9. The number of carbonyl (C=O) groups excluding carboxylic acids is 1. The lowest BCUT2D eigenvalue weighted by atomic mass is 9.98. The lowest BCUT2D eigenvalue weighted by molar-refractivity contribution is -0.116. The van der Waals surface area contributed by atoms with Crippen LogP contribution in [0.4, 0.5) is 11.4 Å². The topological polar surface area (TPSA) is 66.5 Å². The predicted octanol–water partition coefficient (Wildman–Crippen LogP) is 4.57. The van der Waals surface area contributed by atoms with Gasteiger partial charge in [-0.3, -0.25) is 9.10 Å². The zero-order valence-electron chi connectivity index (χ0n) is 16.2. The summed E-state index contributed by atoms with van der Waals surface area (Å²) in [6.45, 7) is 7.58. The minimum atomic E-state index is -3.67. The average molecular weight is 409 g/mol. The summed E-state index contributed by atoms with van der Waals surface area (Å²) in [6.07, 6.45) is 1.08. The number of hydrogen-bond donors (Lipinski definition) is 1. The van der Waals surface area contributed by atoms with Crippen LogP contribution in [0.1, 0.15) is 37.8 Å². The van der Waals surface area contributed by atoms with E-state index < -0.39 is 22.0 Å². The van der Waals surface area contributed by atoms with E-state index in [4.69, 9.17) is 11.6 Å². The van der Waals surface area contributed by atoms with Crippen molar-refractivity contribution in [2.45, 2.75) is 39.7 Å². The Labute approximate surface area is 166 Å². The fourth-order valence-corrected chi connectivity index (χ4v) is 4.27. The molecule has 0 radical (unpaired) electrons. The van der Waals surface area contributed by atoms with E-state index in [-0.39, 0.29) is 5.92 Å². The summed E-state index contributed by atoms with van der Waals surface area (Å²) in [5.74, 6) is -0.177. The normalized spacial score (nSPS) is 12.7. The molecule has 0 aliphatic rings. The quantitative estimate of drug-likeness (QED) is 0.761. The molecule has 0 aliphatic heterocycles. The summed E-state index contributed by atoms with van der Waals surface area (Å²) < 4.78 is 25.8. The Morgan fingerprint density at radius 2 is 1.67 bits per heavy atom.